The third-order valence-corrected chi connectivity index (χ3v) is 4.29. The highest BCUT2D eigenvalue weighted by molar-refractivity contribution is 5.93. The van der Waals surface area contributed by atoms with Gasteiger partial charge >= 0.3 is 0 Å². The largest absolute Gasteiger partial charge is 0.372 e. The van der Waals surface area contributed by atoms with Crippen molar-refractivity contribution in [3.05, 3.63) is 42.2 Å². The molecule has 8 nitrogen and oxygen atoms in total. The molecule has 0 aliphatic carbocycles. The van der Waals surface area contributed by atoms with Crippen molar-refractivity contribution in [2.24, 2.45) is 0 Å². The Morgan fingerprint density at radius 2 is 2.00 bits per heavy atom. The number of anilines is 3. The van der Waals surface area contributed by atoms with Crippen molar-refractivity contribution >= 4 is 34.3 Å². The lowest BCUT2D eigenvalue weighted by Crippen LogP contribution is -2.18. The van der Waals surface area contributed by atoms with Crippen LogP contribution in [0, 0.1) is 0 Å². The first-order chi connectivity index (χ1) is 14.0. The molecule has 0 saturated heterocycles. The number of carbonyl (C=O) groups is 1. The Kier molecular flexibility index (Phi) is 7.02. The van der Waals surface area contributed by atoms with Crippen LogP contribution in [0.5, 0.6) is 0 Å². The Labute approximate surface area is 170 Å². The maximum absolute atomic E-state index is 12.0. The summed E-state index contributed by atoms with van der Waals surface area (Å²) in [6.07, 6.45) is 5.34. The van der Waals surface area contributed by atoms with Crippen molar-refractivity contribution in [2.75, 3.05) is 23.8 Å². The third kappa shape index (κ3) is 5.92. The van der Waals surface area contributed by atoms with Crippen molar-refractivity contribution in [1.82, 2.24) is 20.2 Å². The lowest BCUT2D eigenvalue weighted by Gasteiger charge is -2.09. The van der Waals surface area contributed by atoms with Gasteiger partial charge in [0.1, 0.15) is 12.4 Å². The number of rotatable bonds is 9. The summed E-state index contributed by atoms with van der Waals surface area (Å²) in [5, 5.41) is 14.1. The number of nitrogens with zero attached hydrogens (tertiary/aromatic N) is 4. The van der Waals surface area contributed by atoms with E-state index in [4.69, 9.17) is 4.74 Å². The van der Waals surface area contributed by atoms with Gasteiger partial charge in [0.05, 0.1) is 29.1 Å². The predicted molar refractivity (Wildman–Crippen MR) is 113 cm³/mol. The molecule has 0 atom stereocenters. The van der Waals surface area contributed by atoms with E-state index in [-0.39, 0.29) is 12.5 Å². The smallest absolute Gasteiger partial charge is 0.250 e. The van der Waals surface area contributed by atoms with Gasteiger partial charge in [-0.3, -0.25) is 9.78 Å². The van der Waals surface area contributed by atoms with Crippen LogP contribution >= 0.6 is 0 Å². The monoisotopic (exact) mass is 394 g/mol. The summed E-state index contributed by atoms with van der Waals surface area (Å²) in [5.41, 5.74) is 3.06. The van der Waals surface area contributed by atoms with Crippen LogP contribution in [0.25, 0.3) is 11.0 Å². The van der Waals surface area contributed by atoms with E-state index in [0.29, 0.717) is 35.4 Å². The first-order valence-electron chi connectivity index (χ1n) is 9.79. The van der Waals surface area contributed by atoms with E-state index in [0.717, 1.165) is 23.9 Å². The Morgan fingerprint density at radius 3 is 2.79 bits per heavy atom. The average Bonchev–Trinajstić information content (AvgIpc) is 2.71. The minimum atomic E-state index is -0.211. The van der Waals surface area contributed by atoms with Crippen LogP contribution in [-0.2, 0) is 9.53 Å². The number of carbonyl (C=O) groups excluding carboxylic acids is 1. The van der Waals surface area contributed by atoms with Gasteiger partial charge in [0.15, 0.2) is 5.82 Å². The van der Waals surface area contributed by atoms with Crippen LogP contribution in [0.2, 0.25) is 0 Å². The second kappa shape index (κ2) is 9.88. The van der Waals surface area contributed by atoms with Crippen LogP contribution in [0.1, 0.15) is 45.1 Å². The highest BCUT2D eigenvalue weighted by Gasteiger charge is 2.07. The van der Waals surface area contributed by atoms with E-state index in [1.54, 1.807) is 18.5 Å². The maximum Gasteiger partial charge on any atom is 0.250 e. The van der Waals surface area contributed by atoms with Gasteiger partial charge in [-0.2, -0.15) is 5.10 Å². The van der Waals surface area contributed by atoms with Gasteiger partial charge in [-0.1, -0.05) is 27.2 Å². The summed E-state index contributed by atoms with van der Waals surface area (Å²) in [4.78, 5) is 20.9. The molecule has 8 heteroatoms. The summed E-state index contributed by atoms with van der Waals surface area (Å²) < 4.78 is 5.34. The van der Waals surface area contributed by atoms with E-state index in [1.165, 1.54) is 0 Å². The summed E-state index contributed by atoms with van der Waals surface area (Å²) in [6, 6.07) is 7.44. The van der Waals surface area contributed by atoms with Crippen LogP contribution in [0.4, 0.5) is 17.3 Å². The van der Waals surface area contributed by atoms with Gasteiger partial charge < -0.3 is 15.4 Å². The highest BCUT2D eigenvalue weighted by Crippen LogP contribution is 2.21. The van der Waals surface area contributed by atoms with Gasteiger partial charge in [-0.05, 0) is 42.2 Å². The molecule has 0 fully saturated rings. The number of pyridine rings is 2. The van der Waals surface area contributed by atoms with Gasteiger partial charge in [-0.25, -0.2) is 4.98 Å². The molecule has 0 aliphatic heterocycles. The summed E-state index contributed by atoms with van der Waals surface area (Å²) in [6.45, 7) is 6.89. The standard InChI is InChI=1S/C21H26N6O2/c1-4-5-8-29-13-21(28)24-16-10-18-17(22-12-16)6-7-19(25-18)26-20-9-15(14(2)3)11-23-27-20/h6-7,9-12,14H,4-5,8,13H2,1-3H3,(H,24,28)(H,25,26,27). The molecule has 0 aromatic carbocycles. The van der Waals surface area contributed by atoms with Crippen LogP contribution in [-0.4, -0.2) is 39.3 Å². The van der Waals surface area contributed by atoms with Crippen molar-refractivity contribution in [3.8, 4) is 0 Å². The van der Waals surface area contributed by atoms with E-state index in [1.807, 2.05) is 18.2 Å². The zero-order valence-electron chi connectivity index (χ0n) is 17.0. The number of hydrogen-bond donors (Lipinski definition) is 2. The van der Waals surface area contributed by atoms with Crippen molar-refractivity contribution in [3.63, 3.8) is 0 Å². The molecule has 0 unspecified atom stereocenters. The minimum Gasteiger partial charge on any atom is -0.372 e. The van der Waals surface area contributed by atoms with Crippen LogP contribution < -0.4 is 10.6 Å². The SMILES string of the molecule is CCCCOCC(=O)Nc1cnc2ccc(Nc3cc(C(C)C)cnn3)nc2c1. The zero-order valence-corrected chi connectivity index (χ0v) is 17.0. The third-order valence-electron chi connectivity index (χ3n) is 4.29. The molecule has 29 heavy (non-hydrogen) atoms. The number of aromatic nitrogens is 4. The first-order valence-corrected chi connectivity index (χ1v) is 9.79. The Bertz CT molecular complexity index is 976. The molecule has 3 heterocycles. The molecule has 3 rings (SSSR count). The highest BCUT2D eigenvalue weighted by atomic mass is 16.5. The lowest BCUT2D eigenvalue weighted by atomic mass is 10.1. The number of hydrogen-bond acceptors (Lipinski definition) is 7. The molecule has 3 aromatic rings. The Morgan fingerprint density at radius 1 is 1.14 bits per heavy atom. The topological polar surface area (TPSA) is 102 Å². The van der Waals surface area contributed by atoms with E-state index < -0.39 is 0 Å². The van der Waals surface area contributed by atoms with Gasteiger partial charge in [0.2, 0.25) is 5.91 Å². The number of unbranched alkanes of at least 4 members (excludes halogenated alkanes) is 1. The fourth-order valence-corrected chi connectivity index (χ4v) is 2.64. The molecular weight excluding hydrogens is 368 g/mol. The van der Waals surface area contributed by atoms with Crippen molar-refractivity contribution in [2.45, 2.75) is 39.5 Å². The lowest BCUT2D eigenvalue weighted by molar-refractivity contribution is -0.120. The number of amides is 1. The Balaban J connectivity index is 1.70. The van der Waals surface area contributed by atoms with E-state index >= 15 is 0 Å². The molecular formula is C21H26N6O2. The predicted octanol–water partition coefficient (Wildman–Crippen LogP) is 4.04. The van der Waals surface area contributed by atoms with Crippen LogP contribution in [0.15, 0.2) is 36.7 Å². The second-order valence-electron chi connectivity index (χ2n) is 7.07. The zero-order chi connectivity index (χ0) is 20.6. The first kappa shape index (κ1) is 20.6. The van der Waals surface area contributed by atoms with E-state index in [2.05, 4.69) is 51.6 Å². The molecule has 0 spiro atoms. The van der Waals surface area contributed by atoms with Gasteiger partial charge in [0.25, 0.3) is 0 Å². The summed E-state index contributed by atoms with van der Waals surface area (Å²) in [7, 11) is 0. The maximum atomic E-state index is 12.0. The minimum absolute atomic E-state index is 0.0257. The van der Waals surface area contributed by atoms with Gasteiger partial charge in [-0.15, -0.1) is 5.10 Å². The average molecular weight is 394 g/mol. The molecule has 0 aliphatic rings. The molecule has 3 aromatic heterocycles. The fraction of sp³-hybridized carbons (Fsp3) is 0.381. The van der Waals surface area contributed by atoms with Crippen molar-refractivity contribution < 1.29 is 9.53 Å². The second-order valence-corrected chi connectivity index (χ2v) is 7.07. The Hall–Kier alpha value is -3.13. The van der Waals surface area contributed by atoms with Gasteiger partial charge in [0, 0.05) is 6.61 Å². The number of fused-ring (bicyclic) bond motifs is 1. The summed E-state index contributed by atoms with van der Waals surface area (Å²) >= 11 is 0. The fourth-order valence-electron chi connectivity index (χ4n) is 2.64. The van der Waals surface area contributed by atoms with Crippen LogP contribution in [0.3, 0.4) is 0 Å². The molecule has 0 saturated carbocycles. The number of nitrogens with one attached hydrogen (secondary N) is 2. The molecule has 2 N–H and O–H groups in total. The quantitative estimate of drug-likeness (QED) is 0.528. The van der Waals surface area contributed by atoms with Crippen molar-refractivity contribution in [1.29, 1.82) is 0 Å². The number of ether oxygens (including phenoxy) is 1. The molecule has 1 amide bonds. The molecule has 0 bridgehead atoms. The molecule has 0 radical (unpaired) electrons. The normalized spacial score (nSPS) is 11.0. The summed E-state index contributed by atoms with van der Waals surface area (Å²) in [5.74, 6) is 1.40. The molecule has 152 valence electrons. The van der Waals surface area contributed by atoms with E-state index in [9.17, 15) is 4.79 Å².